The van der Waals surface area contributed by atoms with Gasteiger partial charge in [0.05, 0.1) is 6.61 Å². The van der Waals surface area contributed by atoms with Crippen LogP contribution < -0.4 is 0 Å². The lowest BCUT2D eigenvalue weighted by molar-refractivity contribution is -0.157. The molecule has 3 nitrogen and oxygen atoms in total. The van der Waals surface area contributed by atoms with E-state index < -0.39 is 6.10 Å². The van der Waals surface area contributed by atoms with Crippen molar-refractivity contribution >= 4 is 5.97 Å². The van der Waals surface area contributed by atoms with Crippen LogP contribution >= 0.6 is 0 Å². The van der Waals surface area contributed by atoms with Crippen LogP contribution in [0, 0.1) is 0 Å². The summed E-state index contributed by atoms with van der Waals surface area (Å²) in [6.07, 6.45) is 1.11. The Kier molecular flexibility index (Phi) is 6.33. The maximum absolute atomic E-state index is 11.9. The summed E-state index contributed by atoms with van der Waals surface area (Å²) in [6.45, 7) is 4.98. The van der Waals surface area contributed by atoms with Crippen molar-refractivity contribution in [3.8, 4) is 0 Å². The van der Waals surface area contributed by atoms with Crippen LogP contribution in [0.3, 0.4) is 0 Å². The van der Waals surface area contributed by atoms with E-state index >= 15 is 0 Å². The summed E-state index contributed by atoms with van der Waals surface area (Å²) in [5.41, 5.74) is 0.849. The number of benzene rings is 1. The Morgan fingerprint density at radius 1 is 1.12 bits per heavy atom. The van der Waals surface area contributed by atoms with E-state index in [9.17, 15) is 4.79 Å². The molecule has 0 amide bonds. The molecular formula is C14H20O3. The molecule has 0 radical (unpaired) electrons. The fourth-order valence-electron chi connectivity index (χ4n) is 1.44. The third-order valence-corrected chi connectivity index (χ3v) is 2.25. The first-order valence-corrected chi connectivity index (χ1v) is 6.12. The number of carbonyl (C=O) groups excluding carboxylic acids is 1. The van der Waals surface area contributed by atoms with Crippen molar-refractivity contribution in [1.82, 2.24) is 0 Å². The highest BCUT2D eigenvalue weighted by Crippen LogP contribution is 2.19. The van der Waals surface area contributed by atoms with Gasteiger partial charge in [-0.2, -0.15) is 0 Å². The summed E-state index contributed by atoms with van der Waals surface area (Å²) in [7, 11) is 0. The molecule has 1 aromatic carbocycles. The number of hydrogen-bond donors (Lipinski definition) is 0. The number of esters is 1. The number of hydrogen-bond acceptors (Lipinski definition) is 3. The third-order valence-electron chi connectivity index (χ3n) is 2.25. The molecule has 0 saturated carbocycles. The molecule has 1 aromatic rings. The van der Waals surface area contributed by atoms with Gasteiger partial charge in [0.15, 0.2) is 6.10 Å². The van der Waals surface area contributed by atoms with Crippen LogP contribution in [0.5, 0.6) is 0 Å². The predicted octanol–water partition coefficient (Wildman–Crippen LogP) is 3.11. The minimum atomic E-state index is -0.595. The normalized spacial score (nSPS) is 12.1. The van der Waals surface area contributed by atoms with E-state index in [0.29, 0.717) is 13.2 Å². The van der Waals surface area contributed by atoms with E-state index in [1.807, 2.05) is 44.2 Å². The summed E-state index contributed by atoms with van der Waals surface area (Å²) in [5, 5.41) is 0. The summed E-state index contributed by atoms with van der Waals surface area (Å²) in [6, 6.07) is 9.47. The van der Waals surface area contributed by atoms with Crippen LogP contribution in [0.2, 0.25) is 0 Å². The Morgan fingerprint density at radius 2 is 1.76 bits per heavy atom. The molecule has 94 valence electrons. The molecule has 0 N–H and O–H groups in total. The van der Waals surface area contributed by atoms with Gasteiger partial charge in [-0.1, -0.05) is 44.2 Å². The van der Waals surface area contributed by atoms with Gasteiger partial charge >= 0.3 is 5.97 Å². The van der Waals surface area contributed by atoms with Gasteiger partial charge in [0, 0.05) is 6.61 Å². The van der Waals surface area contributed by atoms with Gasteiger partial charge in [-0.3, -0.25) is 0 Å². The monoisotopic (exact) mass is 236 g/mol. The molecule has 1 rings (SSSR count). The smallest absolute Gasteiger partial charge is 0.339 e. The molecule has 0 bridgehead atoms. The second-order valence-electron chi connectivity index (χ2n) is 3.83. The molecular weight excluding hydrogens is 216 g/mol. The zero-order valence-electron chi connectivity index (χ0n) is 10.5. The fourth-order valence-corrected chi connectivity index (χ4v) is 1.44. The highest BCUT2D eigenvalue weighted by molar-refractivity contribution is 5.76. The molecule has 0 heterocycles. The Labute approximate surface area is 103 Å². The van der Waals surface area contributed by atoms with Crippen molar-refractivity contribution in [2.24, 2.45) is 0 Å². The van der Waals surface area contributed by atoms with Crippen LogP contribution in [-0.2, 0) is 14.3 Å². The molecule has 17 heavy (non-hydrogen) atoms. The first-order valence-electron chi connectivity index (χ1n) is 6.12. The Morgan fingerprint density at radius 3 is 2.35 bits per heavy atom. The maximum atomic E-state index is 11.9. The lowest BCUT2D eigenvalue weighted by Gasteiger charge is -2.16. The summed E-state index contributed by atoms with van der Waals surface area (Å²) in [4.78, 5) is 11.9. The molecule has 0 aliphatic heterocycles. The molecule has 0 saturated heterocycles. The SMILES string of the molecule is CCCOC(=O)C(OCCC)c1ccccc1. The third kappa shape index (κ3) is 4.57. The van der Waals surface area contributed by atoms with E-state index in [1.54, 1.807) is 0 Å². The van der Waals surface area contributed by atoms with Crippen molar-refractivity contribution in [2.45, 2.75) is 32.8 Å². The van der Waals surface area contributed by atoms with Gasteiger partial charge in [0.2, 0.25) is 0 Å². The molecule has 0 aliphatic rings. The van der Waals surface area contributed by atoms with Crippen LogP contribution in [0.4, 0.5) is 0 Å². The average Bonchev–Trinajstić information content (AvgIpc) is 2.38. The van der Waals surface area contributed by atoms with Gasteiger partial charge in [-0.15, -0.1) is 0 Å². The molecule has 1 atom stereocenters. The molecule has 0 spiro atoms. The second-order valence-corrected chi connectivity index (χ2v) is 3.83. The summed E-state index contributed by atoms with van der Waals surface area (Å²) < 4.78 is 10.7. The Bertz CT molecular complexity index is 321. The lowest BCUT2D eigenvalue weighted by Crippen LogP contribution is -2.19. The number of carbonyl (C=O) groups is 1. The van der Waals surface area contributed by atoms with Gasteiger partial charge in [0.1, 0.15) is 0 Å². The zero-order chi connectivity index (χ0) is 12.5. The largest absolute Gasteiger partial charge is 0.464 e. The summed E-state index contributed by atoms with van der Waals surface area (Å²) in [5.74, 6) is -0.300. The molecule has 3 heteroatoms. The van der Waals surface area contributed by atoms with E-state index in [4.69, 9.17) is 9.47 Å². The molecule has 0 fully saturated rings. The topological polar surface area (TPSA) is 35.5 Å². The molecule has 0 aliphatic carbocycles. The minimum absolute atomic E-state index is 0.300. The van der Waals surface area contributed by atoms with Gasteiger partial charge in [-0.05, 0) is 18.4 Å². The average molecular weight is 236 g/mol. The number of ether oxygens (including phenoxy) is 2. The van der Waals surface area contributed by atoms with Crippen LogP contribution in [-0.4, -0.2) is 19.2 Å². The number of rotatable bonds is 7. The van der Waals surface area contributed by atoms with Crippen molar-refractivity contribution in [3.05, 3.63) is 35.9 Å². The fraction of sp³-hybridized carbons (Fsp3) is 0.500. The summed E-state index contributed by atoms with van der Waals surface area (Å²) >= 11 is 0. The van der Waals surface area contributed by atoms with Gasteiger partial charge in [0.25, 0.3) is 0 Å². The Hall–Kier alpha value is -1.35. The zero-order valence-corrected chi connectivity index (χ0v) is 10.5. The van der Waals surface area contributed by atoms with Gasteiger partial charge in [-0.25, -0.2) is 4.79 Å². The van der Waals surface area contributed by atoms with Crippen molar-refractivity contribution < 1.29 is 14.3 Å². The van der Waals surface area contributed by atoms with E-state index in [-0.39, 0.29) is 5.97 Å². The van der Waals surface area contributed by atoms with Crippen LogP contribution in [0.25, 0.3) is 0 Å². The van der Waals surface area contributed by atoms with Crippen molar-refractivity contribution in [2.75, 3.05) is 13.2 Å². The maximum Gasteiger partial charge on any atom is 0.339 e. The van der Waals surface area contributed by atoms with Crippen molar-refractivity contribution in [1.29, 1.82) is 0 Å². The highest BCUT2D eigenvalue weighted by atomic mass is 16.6. The minimum Gasteiger partial charge on any atom is -0.464 e. The standard InChI is InChI=1S/C14H20O3/c1-3-10-16-13(14(15)17-11-4-2)12-8-6-5-7-9-12/h5-9,13H,3-4,10-11H2,1-2H3. The van der Waals surface area contributed by atoms with Gasteiger partial charge < -0.3 is 9.47 Å². The van der Waals surface area contributed by atoms with E-state index in [2.05, 4.69) is 0 Å². The van der Waals surface area contributed by atoms with Crippen LogP contribution in [0.15, 0.2) is 30.3 Å². The Balaban J connectivity index is 2.69. The molecule has 1 unspecified atom stereocenters. The first kappa shape index (κ1) is 13.7. The first-order chi connectivity index (χ1) is 8.29. The lowest BCUT2D eigenvalue weighted by atomic mass is 10.1. The predicted molar refractivity (Wildman–Crippen MR) is 66.7 cm³/mol. The van der Waals surface area contributed by atoms with E-state index in [0.717, 1.165) is 18.4 Å². The van der Waals surface area contributed by atoms with Crippen LogP contribution in [0.1, 0.15) is 38.4 Å². The van der Waals surface area contributed by atoms with Crippen molar-refractivity contribution in [3.63, 3.8) is 0 Å². The quantitative estimate of drug-likeness (QED) is 0.682. The molecule has 0 aromatic heterocycles. The highest BCUT2D eigenvalue weighted by Gasteiger charge is 2.22. The van der Waals surface area contributed by atoms with E-state index in [1.165, 1.54) is 0 Å². The second kappa shape index (κ2) is 7.85.